The zero-order chi connectivity index (χ0) is 13.7. The van der Waals surface area contributed by atoms with Gasteiger partial charge in [-0.05, 0) is 41.1 Å². The highest BCUT2D eigenvalue weighted by molar-refractivity contribution is 9.11. The number of methoxy groups -OCH3 is 1. The normalized spacial score (nSPS) is 10.4. The molecule has 0 spiro atoms. The number of amides is 1. The molecule has 1 N–H and O–H groups in total. The van der Waals surface area contributed by atoms with Gasteiger partial charge in [0.1, 0.15) is 0 Å². The zero-order valence-corrected chi connectivity index (χ0v) is 13.0. The molecule has 4 nitrogen and oxygen atoms in total. The fourth-order valence-electron chi connectivity index (χ4n) is 1.29. The number of nitrogens with one attached hydrogen (secondary N) is 1. The third-order valence-electron chi connectivity index (χ3n) is 2.03. The highest BCUT2D eigenvalue weighted by Crippen LogP contribution is 2.31. The van der Waals surface area contributed by atoms with Crippen LogP contribution in [0.25, 0.3) is 0 Å². The van der Waals surface area contributed by atoms with Crippen molar-refractivity contribution in [2.75, 3.05) is 12.4 Å². The lowest BCUT2D eigenvalue weighted by Gasteiger charge is -2.11. The van der Waals surface area contributed by atoms with Gasteiger partial charge in [-0.2, -0.15) is 0 Å². The lowest BCUT2D eigenvalue weighted by Crippen LogP contribution is -2.13. The first-order chi connectivity index (χ1) is 8.49. The van der Waals surface area contributed by atoms with Crippen molar-refractivity contribution in [3.63, 3.8) is 0 Å². The van der Waals surface area contributed by atoms with Gasteiger partial charge in [0.2, 0.25) is 5.91 Å². The van der Waals surface area contributed by atoms with Gasteiger partial charge in [-0.15, -0.1) is 0 Å². The molecule has 1 aromatic carbocycles. The number of rotatable bonds is 3. The number of allylic oxidation sites excluding steroid dienone is 1. The van der Waals surface area contributed by atoms with Crippen LogP contribution >= 0.6 is 31.9 Å². The number of hydrogen-bond acceptors (Lipinski definition) is 3. The number of anilines is 1. The molecule has 0 aromatic heterocycles. The van der Waals surface area contributed by atoms with Crippen LogP contribution in [0.3, 0.4) is 0 Å². The summed E-state index contributed by atoms with van der Waals surface area (Å²) >= 11 is 6.58. The van der Waals surface area contributed by atoms with Crippen molar-refractivity contribution in [3.8, 4) is 0 Å². The Balaban J connectivity index is 3.23. The fraction of sp³-hybridized carbons (Fsp3) is 0.167. The monoisotopic (exact) mass is 375 g/mol. The minimum Gasteiger partial charge on any atom is -0.465 e. The van der Waals surface area contributed by atoms with E-state index in [-0.39, 0.29) is 11.5 Å². The Morgan fingerprint density at radius 3 is 2.56 bits per heavy atom. The van der Waals surface area contributed by atoms with E-state index in [1.54, 1.807) is 25.1 Å². The standard InChI is InChI=1S/C12H11Br2NO3/c1-3-4-10(16)15-11-8(12(17)18-2)5-7(13)6-9(11)14/h3-6H,1-2H3,(H,15,16). The van der Waals surface area contributed by atoms with Gasteiger partial charge in [0, 0.05) is 8.95 Å². The van der Waals surface area contributed by atoms with Gasteiger partial charge in [0.15, 0.2) is 0 Å². The second kappa shape index (κ2) is 6.70. The molecular formula is C12H11Br2NO3. The SMILES string of the molecule is CC=CC(=O)Nc1c(Br)cc(Br)cc1C(=O)OC. The zero-order valence-electron chi connectivity index (χ0n) is 9.79. The Labute approximate surface area is 122 Å². The van der Waals surface area contributed by atoms with Gasteiger partial charge in [0.05, 0.1) is 18.4 Å². The average Bonchev–Trinajstić information content (AvgIpc) is 2.31. The lowest BCUT2D eigenvalue weighted by atomic mass is 10.2. The number of carbonyl (C=O) groups is 2. The minimum absolute atomic E-state index is 0.275. The van der Waals surface area contributed by atoms with Crippen molar-refractivity contribution in [2.24, 2.45) is 0 Å². The van der Waals surface area contributed by atoms with Crippen LogP contribution in [-0.2, 0) is 9.53 Å². The predicted molar refractivity (Wildman–Crippen MR) is 76.6 cm³/mol. The van der Waals surface area contributed by atoms with E-state index in [2.05, 4.69) is 41.9 Å². The third kappa shape index (κ3) is 3.68. The maximum atomic E-state index is 11.6. The quantitative estimate of drug-likeness (QED) is 0.648. The van der Waals surface area contributed by atoms with E-state index in [1.807, 2.05) is 0 Å². The van der Waals surface area contributed by atoms with Crippen molar-refractivity contribution >= 4 is 49.4 Å². The van der Waals surface area contributed by atoms with Crippen LogP contribution in [0.15, 0.2) is 33.2 Å². The number of carbonyl (C=O) groups excluding carboxylic acids is 2. The molecule has 0 aliphatic carbocycles. The molecule has 0 atom stereocenters. The van der Waals surface area contributed by atoms with Gasteiger partial charge < -0.3 is 10.1 Å². The van der Waals surface area contributed by atoms with E-state index in [1.165, 1.54) is 13.2 Å². The molecule has 0 fully saturated rings. The van der Waals surface area contributed by atoms with Gasteiger partial charge in [-0.25, -0.2) is 4.79 Å². The molecule has 6 heteroatoms. The lowest BCUT2D eigenvalue weighted by molar-refractivity contribution is -0.111. The maximum absolute atomic E-state index is 11.6. The summed E-state index contributed by atoms with van der Waals surface area (Å²) in [6.07, 6.45) is 2.98. The van der Waals surface area contributed by atoms with Gasteiger partial charge in [0.25, 0.3) is 0 Å². The van der Waals surface area contributed by atoms with Gasteiger partial charge in [-0.1, -0.05) is 22.0 Å². The summed E-state index contributed by atoms with van der Waals surface area (Å²) in [7, 11) is 1.29. The maximum Gasteiger partial charge on any atom is 0.340 e. The first-order valence-corrected chi connectivity index (χ1v) is 6.59. The van der Waals surface area contributed by atoms with Crippen molar-refractivity contribution in [1.82, 2.24) is 0 Å². The Morgan fingerprint density at radius 2 is 2.00 bits per heavy atom. The second-order valence-electron chi connectivity index (χ2n) is 3.29. The summed E-state index contributed by atoms with van der Waals surface area (Å²) in [5.74, 6) is -0.835. The largest absolute Gasteiger partial charge is 0.465 e. The Hall–Kier alpha value is -1.14. The summed E-state index contributed by atoms with van der Waals surface area (Å²) in [6.45, 7) is 1.73. The Morgan fingerprint density at radius 1 is 1.33 bits per heavy atom. The molecule has 18 heavy (non-hydrogen) atoms. The molecular weight excluding hydrogens is 366 g/mol. The highest BCUT2D eigenvalue weighted by Gasteiger charge is 2.17. The summed E-state index contributed by atoms with van der Waals surface area (Å²) in [5, 5.41) is 2.63. The Bertz CT molecular complexity index is 512. The molecule has 0 bridgehead atoms. The molecule has 1 amide bonds. The molecule has 0 saturated heterocycles. The molecule has 0 aliphatic heterocycles. The van der Waals surface area contributed by atoms with Crippen LogP contribution in [0.1, 0.15) is 17.3 Å². The van der Waals surface area contributed by atoms with Crippen LogP contribution in [-0.4, -0.2) is 19.0 Å². The third-order valence-corrected chi connectivity index (χ3v) is 3.11. The molecule has 96 valence electrons. The van der Waals surface area contributed by atoms with E-state index in [0.29, 0.717) is 14.6 Å². The summed E-state index contributed by atoms with van der Waals surface area (Å²) in [5.41, 5.74) is 0.657. The van der Waals surface area contributed by atoms with Crippen LogP contribution in [0.4, 0.5) is 5.69 Å². The predicted octanol–water partition coefficient (Wildman–Crippen LogP) is 3.51. The highest BCUT2D eigenvalue weighted by atomic mass is 79.9. The minimum atomic E-state index is -0.521. The van der Waals surface area contributed by atoms with E-state index >= 15 is 0 Å². The van der Waals surface area contributed by atoms with Crippen LogP contribution < -0.4 is 5.32 Å². The number of esters is 1. The van der Waals surface area contributed by atoms with E-state index in [9.17, 15) is 9.59 Å². The van der Waals surface area contributed by atoms with E-state index < -0.39 is 5.97 Å². The molecule has 0 aliphatic rings. The molecule has 0 unspecified atom stereocenters. The first-order valence-electron chi connectivity index (χ1n) is 5.00. The van der Waals surface area contributed by atoms with Crippen LogP contribution in [0, 0.1) is 0 Å². The van der Waals surface area contributed by atoms with Crippen molar-refractivity contribution in [2.45, 2.75) is 6.92 Å². The Kier molecular flexibility index (Phi) is 5.55. The van der Waals surface area contributed by atoms with Crippen molar-refractivity contribution < 1.29 is 14.3 Å². The molecule has 1 rings (SSSR count). The molecule has 1 aromatic rings. The van der Waals surface area contributed by atoms with Crippen LogP contribution in [0.5, 0.6) is 0 Å². The average molecular weight is 377 g/mol. The second-order valence-corrected chi connectivity index (χ2v) is 5.06. The van der Waals surface area contributed by atoms with Crippen LogP contribution in [0.2, 0.25) is 0 Å². The number of benzene rings is 1. The van der Waals surface area contributed by atoms with E-state index in [0.717, 1.165) is 0 Å². The smallest absolute Gasteiger partial charge is 0.340 e. The molecule has 0 radical (unpaired) electrons. The van der Waals surface area contributed by atoms with Gasteiger partial charge >= 0.3 is 5.97 Å². The van der Waals surface area contributed by atoms with Gasteiger partial charge in [-0.3, -0.25) is 4.79 Å². The van der Waals surface area contributed by atoms with Crippen molar-refractivity contribution in [1.29, 1.82) is 0 Å². The summed E-state index contributed by atoms with van der Waals surface area (Å²) in [6, 6.07) is 3.32. The van der Waals surface area contributed by atoms with Crippen molar-refractivity contribution in [3.05, 3.63) is 38.8 Å². The topological polar surface area (TPSA) is 55.4 Å². The first kappa shape index (κ1) is 14.9. The fourth-order valence-corrected chi connectivity index (χ4v) is 2.61. The number of halogens is 2. The number of ether oxygens (including phenoxy) is 1. The number of hydrogen-bond donors (Lipinski definition) is 1. The summed E-state index contributed by atoms with van der Waals surface area (Å²) < 4.78 is 5.98. The van der Waals surface area contributed by atoms with E-state index in [4.69, 9.17) is 0 Å². The summed E-state index contributed by atoms with van der Waals surface area (Å²) in [4.78, 5) is 23.2. The molecule has 0 heterocycles. The molecule has 0 saturated carbocycles.